The van der Waals surface area contributed by atoms with E-state index in [1.807, 2.05) is 30.3 Å². The van der Waals surface area contributed by atoms with Crippen LogP contribution in [0.4, 0.5) is 0 Å². The van der Waals surface area contributed by atoms with E-state index < -0.39 is 0 Å². The summed E-state index contributed by atoms with van der Waals surface area (Å²) in [4.78, 5) is 25.8. The number of carbonyl (C=O) groups excluding carboxylic acids is 1. The van der Waals surface area contributed by atoms with Crippen molar-refractivity contribution in [1.29, 1.82) is 0 Å². The highest BCUT2D eigenvalue weighted by Crippen LogP contribution is 2.25. The Hall–Kier alpha value is -1.51. The van der Waals surface area contributed by atoms with Gasteiger partial charge in [0.1, 0.15) is 6.54 Å². The monoisotopic (exact) mass is 439 g/mol. The molecule has 5 nitrogen and oxygen atoms in total. The quantitative estimate of drug-likeness (QED) is 0.574. The first kappa shape index (κ1) is 18.3. The Bertz CT molecular complexity index is 945. The number of aryl methyl sites for hydroxylation is 1. The third kappa shape index (κ3) is 4.37. The molecule has 0 unspecified atom stereocenters. The third-order valence-corrected chi connectivity index (χ3v) is 6.61. The number of thioether (sulfide) groups is 1. The van der Waals surface area contributed by atoms with Gasteiger partial charge in [-0.1, -0.05) is 12.1 Å². The average molecular weight is 440 g/mol. The number of hydrogen-bond donors (Lipinski definition) is 1. The van der Waals surface area contributed by atoms with Gasteiger partial charge in [-0.3, -0.25) is 13.9 Å². The van der Waals surface area contributed by atoms with E-state index in [2.05, 4.69) is 27.3 Å². The van der Waals surface area contributed by atoms with Crippen molar-refractivity contribution in [3.8, 4) is 0 Å². The van der Waals surface area contributed by atoms with Crippen molar-refractivity contribution in [2.45, 2.75) is 12.3 Å². The predicted molar refractivity (Wildman–Crippen MR) is 108 cm³/mol. The lowest BCUT2D eigenvalue weighted by Crippen LogP contribution is -2.33. The van der Waals surface area contributed by atoms with Gasteiger partial charge < -0.3 is 5.32 Å². The second-order valence-electron chi connectivity index (χ2n) is 5.52. The summed E-state index contributed by atoms with van der Waals surface area (Å²) in [6.45, 7) is 0.637. The number of thiophene rings is 1. The van der Waals surface area contributed by atoms with Crippen LogP contribution in [-0.2, 0) is 24.1 Å². The minimum Gasteiger partial charge on any atom is -0.354 e. The fraction of sp³-hybridized carbons (Fsp3) is 0.294. The van der Waals surface area contributed by atoms with Crippen LogP contribution in [0.5, 0.6) is 0 Å². The lowest BCUT2D eigenvalue weighted by Gasteiger charge is -2.06. The van der Waals surface area contributed by atoms with Crippen molar-refractivity contribution in [3.05, 3.63) is 55.5 Å². The smallest absolute Gasteiger partial charge is 0.329 e. The van der Waals surface area contributed by atoms with Crippen LogP contribution < -0.4 is 11.0 Å². The molecule has 0 aliphatic heterocycles. The number of rotatable bonds is 7. The molecule has 3 aromatic rings. The lowest BCUT2D eigenvalue weighted by molar-refractivity contribution is -0.121. The molecule has 3 rings (SSSR count). The highest BCUT2D eigenvalue weighted by molar-refractivity contribution is 9.11. The topological polar surface area (TPSA) is 56.0 Å². The molecule has 1 aromatic carbocycles. The molecule has 0 atom stereocenters. The molecule has 0 aliphatic carbocycles. The lowest BCUT2D eigenvalue weighted by atomic mass is 10.3. The Labute approximate surface area is 162 Å². The summed E-state index contributed by atoms with van der Waals surface area (Å²) < 4.78 is 4.22. The first-order chi connectivity index (χ1) is 12.1. The summed E-state index contributed by atoms with van der Waals surface area (Å²) in [5, 5.41) is 2.89. The molecule has 1 amide bonds. The summed E-state index contributed by atoms with van der Waals surface area (Å²) in [5.41, 5.74) is 1.44. The molecule has 0 radical (unpaired) electrons. The second kappa shape index (κ2) is 8.25. The van der Waals surface area contributed by atoms with Crippen LogP contribution in [0.2, 0.25) is 0 Å². The van der Waals surface area contributed by atoms with Gasteiger partial charge in [-0.15, -0.1) is 11.3 Å². The van der Waals surface area contributed by atoms with Crippen molar-refractivity contribution in [2.24, 2.45) is 7.05 Å². The van der Waals surface area contributed by atoms with E-state index in [1.54, 1.807) is 34.7 Å². The number of fused-ring (bicyclic) bond motifs is 1. The number of nitrogens with one attached hydrogen (secondary N) is 1. The van der Waals surface area contributed by atoms with Crippen LogP contribution >= 0.6 is 39.0 Å². The van der Waals surface area contributed by atoms with Gasteiger partial charge in [-0.25, -0.2) is 4.79 Å². The van der Waals surface area contributed by atoms with E-state index in [4.69, 9.17) is 0 Å². The minimum absolute atomic E-state index is 0.0444. The summed E-state index contributed by atoms with van der Waals surface area (Å²) in [7, 11) is 1.72. The molecular formula is C17H18BrN3O2S2. The Kier molecular flexibility index (Phi) is 6.03. The van der Waals surface area contributed by atoms with Crippen molar-refractivity contribution in [3.63, 3.8) is 0 Å². The number of aromatic nitrogens is 2. The standard InChI is InChI=1S/C17H18BrN3O2S2/c1-20-13-4-2-3-5-14(13)21(17(20)23)10-16(22)19-8-9-24-11-12-6-7-15(18)25-12/h2-7H,8-11H2,1H3,(H,19,22). The number of para-hydroxylation sites is 2. The summed E-state index contributed by atoms with van der Waals surface area (Å²) in [6, 6.07) is 11.6. The van der Waals surface area contributed by atoms with Gasteiger partial charge in [0.25, 0.3) is 0 Å². The number of nitrogens with zero attached hydrogens (tertiary/aromatic N) is 2. The Morgan fingerprint density at radius 2 is 2.00 bits per heavy atom. The van der Waals surface area contributed by atoms with E-state index in [-0.39, 0.29) is 18.1 Å². The maximum atomic E-state index is 12.3. The fourth-order valence-electron chi connectivity index (χ4n) is 2.58. The van der Waals surface area contributed by atoms with Crippen molar-refractivity contribution in [2.75, 3.05) is 12.3 Å². The van der Waals surface area contributed by atoms with Crippen molar-refractivity contribution in [1.82, 2.24) is 14.5 Å². The van der Waals surface area contributed by atoms with Crippen LogP contribution in [0, 0.1) is 0 Å². The second-order valence-corrected chi connectivity index (χ2v) is 9.18. The number of hydrogen-bond acceptors (Lipinski definition) is 4. The van der Waals surface area contributed by atoms with Gasteiger partial charge in [0, 0.05) is 30.0 Å². The first-order valence-electron chi connectivity index (χ1n) is 7.79. The maximum Gasteiger partial charge on any atom is 0.329 e. The maximum absolute atomic E-state index is 12.3. The summed E-state index contributed by atoms with van der Waals surface area (Å²) in [5.74, 6) is 1.64. The molecule has 2 heterocycles. The molecule has 25 heavy (non-hydrogen) atoms. The molecule has 2 aromatic heterocycles. The molecule has 0 saturated carbocycles. The number of imidazole rings is 1. The van der Waals surface area contributed by atoms with Crippen LogP contribution in [0.15, 0.2) is 45.0 Å². The first-order valence-corrected chi connectivity index (χ1v) is 10.6. The Morgan fingerprint density at radius 1 is 1.24 bits per heavy atom. The van der Waals surface area contributed by atoms with Crippen LogP contribution in [0.25, 0.3) is 11.0 Å². The van der Waals surface area contributed by atoms with Gasteiger partial charge in [0.05, 0.1) is 14.8 Å². The van der Waals surface area contributed by atoms with E-state index >= 15 is 0 Å². The number of carbonyl (C=O) groups is 1. The molecule has 8 heteroatoms. The SMILES string of the molecule is Cn1c(=O)n(CC(=O)NCCSCc2ccc(Br)s2)c2ccccc21. The third-order valence-electron chi connectivity index (χ3n) is 3.80. The zero-order valence-electron chi connectivity index (χ0n) is 13.7. The molecular weight excluding hydrogens is 422 g/mol. The predicted octanol–water partition coefficient (Wildman–Crippen LogP) is 3.21. The van der Waals surface area contributed by atoms with Gasteiger partial charge in [-0.2, -0.15) is 11.8 Å². The van der Waals surface area contributed by atoms with Crippen molar-refractivity contribution >= 4 is 56.0 Å². The zero-order valence-corrected chi connectivity index (χ0v) is 16.9. The molecule has 0 saturated heterocycles. The van der Waals surface area contributed by atoms with Gasteiger partial charge >= 0.3 is 5.69 Å². The Morgan fingerprint density at radius 3 is 2.72 bits per heavy atom. The highest BCUT2D eigenvalue weighted by atomic mass is 79.9. The van der Waals surface area contributed by atoms with Crippen LogP contribution in [0.3, 0.4) is 0 Å². The normalized spacial score (nSPS) is 11.1. The summed E-state index contributed by atoms with van der Waals surface area (Å²) >= 11 is 6.96. The molecule has 1 N–H and O–H groups in total. The number of halogens is 1. The zero-order chi connectivity index (χ0) is 17.8. The molecule has 0 aliphatic rings. The van der Waals surface area contributed by atoms with E-state index in [9.17, 15) is 9.59 Å². The highest BCUT2D eigenvalue weighted by Gasteiger charge is 2.12. The van der Waals surface area contributed by atoms with Gasteiger partial charge in [0.2, 0.25) is 5.91 Å². The molecule has 0 spiro atoms. The largest absolute Gasteiger partial charge is 0.354 e. The molecule has 0 bridgehead atoms. The Balaban J connectivity index is 1.50. The van der Waals surface area contributed by atoms with Crippen LogP contribution in [0.1, 0.15) is 4.88 Å². The van der Waals surface area contributed by atoms with E-state index in [0.717, 1.165) is 26.3 Å². The van der Waals surface area contributed by atoms with E-state index in [1.165, 1.54) is 9.44 Å². The molecule has 0 fully saturated rings. The van der Waals surface area contributed by atoms with E-state index in [0.29, 0.717) is 6.54 Å². The average Bonchev–Trinajstić information content (AvgIpc) is 3.12. The van der Waals surface area contributed by atoms with Crippen LogP contribution in [-0.4, -0.2) is 27.3 Å². The van der Waals surface area contributed by atoms with Crippen molar-refractivity contribution < 1.29 is 4.79 Å². The number of amides is 1. The van der Waals surface area contributed by atoms with Gasteiger partial charge in [-0.05, 0) is 40.2 Å². The molecule has 132 valence electrons. The minimum atomic E-state index is -0.172. The fourth-order valence-corrected chi connectivity index (χ4v) is 5.03. The summed E-state index contributed by atoms with van der Waals surface area (Å²) in [6.07, 6.45) is 0. The van der Waals surface area contributed by atoms with Gasteiger partial charge in [0.15, 0.2) is 0 Å². The number of benzene rings is 1.